The molecule has 0 spiro atoms. The molecule has 1 aliphatic carbocycles. The van der Waals surface area contributed by atoms with Gasteiger partial charge in [-0.1, -0.05) is 43.2 Å². The van der Waals surface area contributed by atoms with Crippen molar-refractivity contribution in [3.05, 3.63) is 60.2 Å². The van der Waals surface area contributed by atoms with Gasteiger partial charge in [0.1, 0.15) is 0 Å². The normalized spacial score (nSPS) is 14.1. The van der Waals surface area contributed by atoms with Crippen LogP contribution >= 0.6 is 11.8 Å². The van der Waals surface area contributed by atoms with E-state index in [2.05, 4.69) is 16.7 Å². The largest absolute Gasteiger partial charge is 0.352 e. The van der Waals surface area contributed by atoms with Crippen LogP contribution in [0.15, 0.2) is 59.5 Å². The monoisotopic (exact) mass is 382 g/mol. The molecule has 0 bridgehead atoms. The third kappa shape index (κ3) is 6.14. The van der Waals surface area contributed by atoms with Crippen LogP contribution in [0.4, 0.5) is 5.69 Å². The quantitative estimate of drug-likeness (QED) is 0.640. The molecule has 1 aliphatic rings. The fourth-order valence-electron chi connectivity index (χ4n) is 3.21. The molecule has 5 heteroatoms. The van der Waals surface area contributed by atoms with Crippen LogP contribution < -0.4 is 10.6 Å². The first-order valence-corrected chi connectivity index (χ1v) is 10.5. The van der Waals surface area contributed by atoms with E-state index in [4.69, 9.17) is 0 Å². The summed E-state index contributed by atoms with van der Waals surface area (Å²) in [6.07, 6.45) is 6.13. The van der Waals surface area contributed by atoms with Gasteiger partial charge in [-0.15, -0.1) is 11.8 Å². The van der Waals surface area contributed by atoms with Crippen molar-refractivity contribution in [2.45, 2.75) is 48.7 Å². The number of thioether (sulfide) groups is 1. The van der Waals surface area contributed by atoms with Gasteiger partial charge in [-0.05, 0) is 43.5 Å². The molecule has 0 aromatic heterocycles. The molecule has 2 N–H and O–H groups in total. The summed E-state index contributed by atoms with van der Waals surface area (Å²) >= 11 is 1.88. The van der Waals surface area contributed by atoms with Crippen molar-refractivity contribution in [1.29, 1.82) is 0 Å². The van der Waals surface area contributed by atoms with E-state index in [1.807, 2.05) is 48.2 Å². The van der Waals surface area contributed by atoms with E-state index in [9.17, 15) is 9.59 Å². The van der Waals surface area contributed by atoms with E-state index in [1.165, 1.54) is 25.7 Å². The Morgan fingerprint density at radius 3 is 2.44 bits per heavy atom. The molecular weight excluding hydrogens is 356 g/mol. The number of hydrogen-bond acceptors (Lipinski definition) is 3. The highest BCUT2D eigenvalue weighted by Crippen LogP contribution is 2.38. The first-order chi connectivity index (χ1) is 13.2. The number of carbonyl (C=O) groups excluding carboxylic acids is 2. The zero-order valence-electron chi connectivity index (χ0n) is 15.4. The highest BCUT2D eigenvalue weighted by molar-refractivity contribution is 8.00. The third-order valence-electron chi connectivity index (χ3n) is 4.66. The Labute approximate surface area is 165 Å². The number of para-hydroxylation sites is 1. The molecule has 1 fully saturated rings. The Morgan fingerprint density at radius 2 is 1.67 bits per heavy atom. The lowest BCUT2D eigenvalue weighted by atomic mass is 10.2. The minimum Gasteiger partial charge on any atom is -0.352 e. The average molecular weight is 383 g/mol. The molecule has 0 aliphatic heterocycles. The molecule has 0 heterocycles. The maximum atomic E-state index is 12.3. The second kappa shape index (κ2) is 10.2. The summed E-state index contributed by atoms with van der Waals surface area (Å²) in [6, 6.07) is 17.1. The van der Waals surface area contributed by atoms with Gasteiger partial charge in [0.25, 0.3) is 5.91 Å². The number of hydrogen-bond donors (Lipinski definition) is 2. The third-order valence-corrected chi connectivity index (χ3v) is 6.07. The highest BCUT2D eigenvalue weighted by atomic mass is 32.2. The Kier molecular flexibility index (Phi) is 7.34. The van der Waals surface area contributed by atoms with Crippen LogP contribution in [0.25, 0.3) is 0 Å². The maximum Gasteiger partial charge on any atom is 0.251 e. The van der Waals surface area contributed by atoms with Gasteiger partial charge in [0.2, 0.25) is 5.91 Å². The smallest absolute Gasteiger partial charge is 0.251 e. The molecule has 0 unspecified atom stereocenters. The second-order valence-electron chi connectivity index (χ2n) is 6.79. The zero-order valence-corrected chi connectivity index (χ0v) is 16.3. The molecule has 2 amide bonds. The molecule has 0 atom stereocenters. The van der Waals surface area contributed by atoms with Crippen LogP contribution in [-0.2, 0) is 4.79 Å². The first kappa shape index (κ1) is 19.5. The van der Waals surface area contributed by atoms with Crippen LogP contribution in [0.5, 0.6) is 0 Å². The van der Waals surface area contributed by atoms with E-state index < -0.39 is 0 Å². The van der Waals surface area contributed by atoms with Crippen molar-refractivity contribution in [2.75, 3.05) is 11.9 Å². The van der Waals surface area contributed by atoms with E-state index in [0.717, 1.165) is 10.6 Å². The SMILES string of the molecule is O=C(CCCNC(=O)c1ccccc1)Nc1ccccc1SC1CCCC1. The summed E-state index contributed by atoms with van der Waals surface area (Å²) < 4.78 is 0. The van der Waals surface area contributed by atoms with E-state index in [-0.39, 0.29) is 11.8 Å². The molecule has 2 aromatic rings. The van der Waals surface area contributed by atoms with Crippen LogP contribution in [0.3, 0.4) is 0 Å². The molecule has 4 nitrogen and oxygen atoms in total. The van der Waals surface area contributed by atoms with Crippen LogP contribution in [0, 0.1) is 0 Å². The minimum absolute atomic E-state index is 0.0107. The van der Waals surface area contributed by atoms with Crippen molar-refractivity contribution in [3.63, 3.8) is 0 Å². The summed E-state index contributed by atoms with van der Waals surface area (Å²) in [4.78, 5) is 25.4. The van der Waals surface area contributed by atoms with Gasteiger partial charge in [0.15, 0.2) is 0 Å². The Bertz CT molecular complexity index is 758. The van der Waals surface area contributed by atoms with Crippen molar-refractivity contribution < 1.29 is 9.59 Å². The van der Waals surface area contributed by atoms with E-state index >= 15 is 0 Å². The number of amides is 2. The summed E-state index contributed by atoms with van der Waals surface area (Å²) in [5, 5.41) is 6.55. The van der Waals surface area contributed by atoms with Gasteiger partial charge in [-0.3, -0.25) is 9.59 Å². The fourth-order valence-corrected chi connectivity index (χ4v) is 4.54. The lowest BCUT2D eigenvalue weighted by molar-refractivity contribution is -0.116. The van der Waals surface area contributed by atoms with Crippen molar-refractivity contribution in [3.8, 4) is 0 Å². The van der Waals surface area contributed by atoms with Gasteiger partial charge in [-0.2, -0.15) is 0 Å². The summed E-state index contributed by atoms with van der Waals surface area (Å²) in [5.41, 5.74) is 1.53. The van der Waals surface area contributed by atoms with Gasteiger partial charge in [0.05, 0.1) is 5.69 Å². The van der Waals surface area contributed by atoms with E-state index in [0.29, 0.717) is 30.2 Å². The highest BCUT2D eigenvalue weighted by Gasteiger charge is 2.18. The van der Waals surface area contributed by atoms with Crippen molar-refractivity contribution >= 4 is 29.3 Å². The molecular formula is C22H26N2O2S. The Morgan fingerprint density at radius 1 is 0.963 bits per heavy atom. The summed E-state index contributed by atoms with van der Waals surface area (Å²) in [5.74, 6) is -0.113. The molecule has 2 aromatic carbocycles. The second-order valence-corrected chi connectivity index (χ2v) is 8.14. The first-order valence-electron chi connectivity index (χ1n) is 9.61. The number of anilines is 1. The van der Waals surface area contributed by atoms with Crippen LogP contribution in [0.1, 0.15) is 48.9 Å². The Hall–Kier alpha value is -2.27. The zero-order chi connectivity index (χ0) is 18.9. The molecule has 0 saturated heterocycles. The number of rotatable bonds is 8. The molecule has 0 radical (unpaired) electrons. The van der Waals surface area contributed by atoms with Gasteiger partial charge < -0.3 is 10.6 Å². The molecule has 142 valence electrons. The standard InChI is InChI=1S/C22H26N2O2S/c25-21(15-8-16-23-22(26)17-9-2-1-3-10-17)24-19-13-6-7-14-20(19)27-18-11-4-5-12-18/h1-3,6-7,9-10,13-14,18H,4-5,8,11-12,15-16H2,(H,23,26)(H,24,25). The topological polar surface area (TPSA) is 58.2 Å². The van der Waals surface area contributed by atoms with Gasteiger partial charge >= 0.3 is 0 Å². The number of nitrogens with one attached hydrogen (secondary N) is 2. The molecule has 3 rings (SSSR count). The van der Waals surface area contributed by atoms with E-state index in [1.54, 1.807) is 12.1 Å². The minimum atomic E-state index is -0.102. The summed E-state index contributed by atoms with van der Waals surface area (Å²) in [7, 11) is 0. The van der Waals surface area contributed by atoms with Crippen LogP contribution in [0.2, 0.25) is 0 Å². The van der Waals surface area contributed by atoms with Crippen molar-refractivity contribution in [1.82, 2.24) is 5.32 Å². The molecule has 27 heavy (non-hydrogen) atoms. The van der Waals surface area contributed by atoms with Crippen LogP contribution in [-0.4, -0.2) is 23.6 Å². The summed E-state index contributed by atoms with van der Waals surface area (Å²) in [6.45, 7) is 0.486. The predicted molar refractivity (Wildman–Crippen MR) is 111 cm³/mol. The lowest BCUT2D eigenvalue weighted by Crippen LogP contribution is -2.25. The Balaban J connectivity index is 1.42. The number of benzene rings is 2. The number of carbonyl (C=O) groups is 2. The average Bonchev–Trinajstić information content (AvgIpc) is 3.20. The lowest BCUT2D eigenvalue weighted by Gasteiger charge is -2.14. The fraction of sp³-hybridized carbons (Fsp3) is 0.364. The predicted octanol–water partition coefficient (Wildman–Crippen LogP) is 4.87. The van der Waals surface area contributed by atoms with Crippen molar-refractivity contribution in [2.24, 2.45) is 0 Å². The van der Waals surface area contributed by atoms with Gasteiger partial charge in [0, 0.05) is 28.7 Å². The maximum absolute atomic E-state index is 12.3. The molecule has 1 saturated carbocycles. The van der Waals surface area contributed by atoms with Gasteiger partial charge in [-0.25, -0.2) is 0 Å².